The normalized spacial score (nSPS) is 10.1. The zero-order valence-electron chi connectivity index (χ0n) is 9.73. The summed E-state index contributed by atoms with van der Waals surface area (Å²) in [5.74, 6) is -0.230. The van der Waals surface area contributed by atoms with E-state index in [1.54, 1.807) is 6.07 Å². The van der Waals surface area contributed by atoms with Crippen LogP contribution < -0.4 is 11.1 Å². The molecule has 0 aliphatic heterocycles. The number of anilines is 1. The maximum atomic E-state index is 11.9. The lowest BCUT2D eigenvalue weighted by molar-refractivity contribution is 0.102. The number of hydrogen-bond acceptors (Lipinski definition) is 3. The van der Waals surface area contributed by atoms with Crippen LogP contribution in [-0.2, 0) is 0 Å². The second-order valence-corrected chi connectivity index (χ2v) is 4.27. The highest BCUT2D eigenvalue weighted by atomic mass is 32.1. The molecule has 18 heavy (non-hydrogen) atoms. The molecule has 1 aromatic carbocycles. The van der Waals surface area contributed by atoms with Crippen molar-refractivity contribution in [2.45, 2.75) is 6.92 Å². The molecule has 1 heterocycles. The van der Waals surface area contributed by atoms with Gasteiger partial charge in [0.2, 0.25) is 0 Å². The van der Waals surface area contributed by atoms with Gasteiger partial charge >= 0.3 is 0 Å². The van der Waals surface area contributed by atoms with E-state index < -0.39 is 0 Å². The first kappa shape index (κ1) is 12.3. The van der Waals surface area contributed by atoms with Crippen LogP contribution in [0.25, 0.3) is 0 Å². The second kappa shape index (κ2) is 4.97. The average molecular weight is 260 g/mol. The summed E-state index contributed by atoms with van der Waals surface area (Å²) in [4.78, 5) is 12.2. The summed E-state index contributed by atoms with van der Waals surface area (Å²) < 4.78 is 0. The fourth-order valence-corrected chi connectivity index (χ4v) is 1.61. The van der Waals surface area contributed by atoms with Gasteiger partial charge in [0.25, 0.3) is 5.91 Å². The minimum Gasteiger partial charge on any atom is -0.389 e. The largest absolute Gasteiger partial charge is 0.389 e. The molecule has 1 amide bonds. The number of carbonyl (C=O) groups excluding carboxylic acids is 1. The minimum atomic E-state index is -0.230. The molecule has 0 bridgehead atoms. The van der Waals surface area contributed by atoms with E-state index in [9.17, 15) is 4.79 Å². The number of amides is 1. The van der Waals surface area contributed by atoms with Gasteiger partial charge in [-0.2, -0.15) is 5.10 Å². The highest BCUT2D eigenvalue weighted by Gasteiger charge is 2.09. The molecule has 0 spiro atoms. The summed E-state index contributed by atoms with van der Waals surface area (Å²) in [6.07, 6.45) is 2.99. The lowest BCUT2D eigenvalue weighted by Crippen LogP contribution is -2.14. The van der Waals surface area contributed by atoms with Gasteiger partial charge in [0.15, 0.2) is 0 Å². The standard InChI is InChI=1S/C12H12N4OS/c1-7-2-3-8(11(13)18)4-10(7)16-12(17)9-5-14-15-6-9/h2-6H,1H3,(H2,13,18)(H,14,15)(H,16,17). The Morgan fingerprint density at radius 1 is 1.44 bits per heavy atom. The van der Waals surface area contributed by atoms with Crippen molar-refractivity contribution >= 4 is 28.8 Å². The molecule has 92 valence electrons. The number of nitrogens with two attached hydrogens (primary N) is 1. The van der Waals surface area contributed by atoms with Gasteiger partial charge in [-0.05, 0) is 18.6 Å². The first-order valence-corrected chi connectivity index (χ1v) is 5.69. The summed E-state index contributed by atoms with van der Waals surface area (Å²) in [7, 11) is 0. The van der Waals surface area contributed by atoms with Crippen LogP contribution in [0.1, 0.15) is 21.5 Å². The third-order valence-electron chi connectivity index (χ3n) is 2.53. The van der Waals surface area contributed by atoms with Gasteiger partial charge in [-0.3, -0.25) is 9.89 Å². The van der Waals surface area contributed by atoms with Gasteiger partial charge in [0.1, 0.15) is 4.99 Å². The SMILES string of the molecule is Cc1ccc(C(N)=S)cc1NC(=O)c1cn[nH]c1. The highest BCUT2D eigenvalue weighted by Crippen LogP contribution is 2.17. The van der Waals surface area contributed by atoms with E-state index in [2.05, 4.69) is 15.5 Å². The summed E-state index contributed by atoms with van der Waals surface area (Å²) in [5.41, 5.74) is 8.37. The Morgan fingerprint density at radius 3 is 2.83 bits per heavy atom. The van der Waals surface area contributed by atoms with Crippen LogP contribution in [0.3, 0.4) is 0 Å². The number of carbonyl (C=O) groups is 1. The van der Waals surface area contributed by atoms with Crippen molar-refractivity contribution in [3.63, 3.8) is 0 Å². The lowest BCUT2D eigenvalue weighted by Gasteiger charge is -2.09. The summed E-state index contributed by atoms with van der Waals surface area (Å²) in [5, 5.41) is 9.11. The van der Waals surface area contributed by atoms with E-state index in [-0.39, 0.29) is 5.91 Å². The van der Waals surface area contributed by atoms with Gasteiger partial charge in [-0.1, -0.05) is 24.4 Å². The van der Waals surface area contributed by atoms with Gasteiger partial charge in [0.05, 0.1) is 11.8 Å². The molecule has 0 saturated heterocycles. The number of rotatable bonds is 3. The van der Waals surface area contributed by atoms with Crippen molar-refractivity contribution in [2.24, 2.45) is 5.73 Å². The molecule has 0 atom stereocenters. The Balaban J connectivity index is 2.26. The third kappa shape index (κ3) is 2.54. The number of hydrogen-bond donors (Lipinski definition) is 3. The van der Waals surface area contributed by atoms with Crippen LogP contribution in [0.4, 0.5) is 5.69 Å². The van der Waals surface area contributed by atoms with Crippen LogP contribution in [0.15, 0.2) is 30.6 Å². The molecule has 0 saturated carbocycles. The molecule has 0 radical (unpaired) electrons. The Hall–Kier alpha value is -2.21. The Bertz CT molecular complexity index is 592. The van der Waals surface area contributed by atoms with Crippen molar-refractivity contribution in [1.29, 1.82) is 0 Å². The predicted octanol–water partition coefficient (Wildman–Crippen LogP) is 1.60. The Kier molecular flexibility index (Phi) is 3.38. The Labute approximate surface area is 109 Å². The average Bonchev–Trinajstić information content (AvgIpc) is 2.85. The van der Waals surface area contributed by atoms with E-state index >= 15 is 0 Å². The van der Waals surface area contributed by atoms with Crippen LogP contribution in [0.5, 0.6) is 0 Å². The number of aromatic nitrogens is 2. The van der Waals surface area contributed by atoms with Gasteiger partial charge in [-0.25, -0.2) is 0 Å². The molecule has 0 unspecified atom stereocenters. The van der Waals surface area contributed by atoms with Crippen molar-refractivity contribution in [2.75, 3.05) is 5.32 Å². The van der Waals surface area contributed by atoms with E-state index in [0.29, 0.717) is 16.2 Å². The molecule has 0 aliphatic rings. The molecule has 1 aromatic heterocycles. The number of nitrogens with zero attached hydrogens (tertiary/aromatic N) is 1. The molecule has 6 heteroatoms. The summed E-state index contributed by atoms with van der Waals surface area (Å²) >= 11 is 4.91. The quantitative estimate of drug-likeness (QED) is 0.732. The number of thiocarbonyl (C=S) groups is 1. The van der Waals surface area contributed by atoms with E-state index in [4.69, 9.17) is 18.0 Å². The van der Waals surface area contributed by atoms with Crippen LogP contribution >= 0.6 is 12.2 Å². The van der Waals surface area contributed by atoms with Crippen molar-refractivity contribution < 1.29 is 4.79 Å². The number of aryl methyl sites for hydroxylation is 1. The maximum absolute atomic E-state index is 11.9. The monoisotopic (exact) mass is 260 g/mol. The summed E-state index contributed by atoms with van der Waals surface area (Å²) in [6.45, 7) is 1.90. The first-order chi connectivity index (χ1) is 8.58. The summed E-state index contributed by atoms with van der Waals surface area (Å²) in [6, 6.07) is 5.44. The van der Waals surface area contributed by atoms with Crippen molar-refractivity contribution in [1.82, 2.24) is 10.2 Å². The number of benzene rings is 1. The zero-order valence-corrected chi connectivity index (χ0v) is 10.5. The molecule has 2 aromatic rings. The van der Waals surface area contributed by atoms with Gasteiger partial charge in [0, 0.05) is 17.4 Å². The maximum Gasteiger partial charge on any atom is 0.258 e. The van der Waals surface area contributed by atoms with Crippen LogP contribution in [-0.4, -0.2) is 21.1 Å². The third-order valence-corrected chi connectivity index (χ3v) is 2.77. The van der Waals surface area contributed by atoms with E-state index in [0.717, 1.165) is 11.1 Å². The van der Waals surface area contributed by atoms with E-state index in [1.165, 1.54) is 12.4 Å². The molecule has 0 aliphatic carbocycles. The number of aromatic amines is 1. The molecule has 0 fully saturated rings. The minimum absolute atomic E-state index is 0.230. The topological polar surface area (TPSA) is 83.8 Å². The molecular weight excluding hydrogens is 248 g/mol. The first-order valence-electron chi connectivity index (χ1n) is 5.28. The molecule has 5 nitrogen and oxygen atoms in total. The predicted molar refractivity (Wildman–Crippen MR) is 73.6 cm³/mol. The van der Waals surface area contributed by atoms with Gasteiger partial charge in [-0.15, -0.1) is 0 Å². The Morgan fingerprint density at radius 2 is 2.22 bits per heavy atom. The second-order valence-electron chi connectivity index (χ2n) is 3.84. The van der Waals surface area contributed by atoms with Crippen LogP contribution in [0.2, 0.25) is 0 Å². The van der Waals surface area contributed by atoms with Crippen molar-refractivity contribution in [3.05, 3.63) is 47.3 Å². The van der Waals surface area contributed by atoms with Crippen molar-refractivity contribution in [3.8, 4) is 0 Å². The lowest BCUT2D eigenvalue weighted by atomic mass is 10.1. The fourth-order valence-electron chi connectivity index (χ4n) is 1.48. The zero-order chi connectivity index (χ0) is 13.1. The highest BCUT2D eigenvalue weighted by molar-refractivity contribution is 7.80. The molecule has 2 rings (SSSR count). The smallest absolute Gasteiger partial charge is 0.258 e. The fraction of sp³-hybridized carbons (Fsp3) is 0.0833. The van der Waals surface area contributed by atoms with Crippen LogP contribution in [0, 0.1) is 6.92 Å². The number of nitrogens with one attached hydrogen (secondary N) is 2. The number of H-pyrrole nitrogens is 1. The molecular formula is C12H12N4OS. The van der Waals surface area contributed by atoms with E-state index in [1.807, 2.05) is 19.1 Å². The van der Waals surface area contributed by atoms with Gasteiger partial charge < -0.3 is 11.1 Å². The molecule has 4 N–H and O–H groups in total.